The zero-order chi connectivity index (χ0) is 39.0. The Morgan fingerprint density at radius 2 is 0.661 bits per heavy atom. The fourth-order valence-corrected chi connectivity index (χ4v) is 9.46. The van der Waals surface area contributed by atoms with Crippen molar-refractivity contribution in [3.63, 3.8) is 0 Å². The van der Waals surface area contributed by atoms with E-state index in [1.54, 1.807) is 0 Å². The summed E-state index contributed by atoms with van der Waals surface area (Å²) in [5.74, 6) is 0. The predicted octanol–water partition coefficient (Wildman–Crippen LogP) is 13.0. The normalized spacial score (nSPS) is 11.7. The van der Waals surface area contributed by atoms with Crippen LogP contribution in [0.15, 0.2) is 195 Å². The van der Waals surface area contributed by atoms with Gasteiger partial charge >= 0.3 is 0 Å². The van der Waals surface area contributed by atoms with Gasteiger partial charge in [0.05, 0.1) is 61.8 Å². The average molecular weight is 753 g/mol. The first-order chi connectivity index (χ1) is 29.3. The summed E-state index contributed by atoms with van der Waals surface area (Å²) in [5.41, 5.74) is 13.5. The van der Waals surface area contributed by atoms with Gasteiger partial charge in [0.1, 0.15) is 0 Å². The van der Waals surface area contributed by atoms with Crippen LogP contribution < -0.4 is 0 Å². The second kappa shape index (κ2) is 12.9. The topological polar surface area (TPSA) is 64.4 Å². The quantitative estimate of drug-likeness (QED) is 0.176. The fraction of sp³-hybridized carbons (Fsp3) is 0. The van der Waals surface area contributed by atoms with Crippen molar-refractivity contribution < 1.29 is 0 Å². The monoisotopic (exact) mass is 752 g/mol. The highest BCUT2D eigenvalue weighted by atomic mass is 15.0. The van der Waals surface area contributed by atoms with Gasteiger partial charge in [-0.2, -0.15) is 5.26 Å². The van der Waals surface area contributed by atoms with Crippen molar-refractivity contribution in [2.75, 3.05) is 0 Å². The van der Waals surface area contributed by atoms with Crippen LogP contribution in [0.5, 0.6) is 0 Å². The third-order valence-electron chi connectivity index (χ3n) is 11.9. The number of nitrogens with zero attached hydrogens (tertiary/aromatic N) is 6. The minimum atomic E-state index is 0.536. The standard InChI is InChI=1S/C53H32N6/c54-31-34-29-41(43-32-55-27-25-51(43)57-45-19-7-1-13-35(45)36-14-2-8-20-46(36)57)53(59-49-23-11-5-17-39(49)40-18-6-12-24-50(40)59)42(30-34)44-33-56-28-26-52(44)58-47-21-9-3-15-37(47)38-16-4-10-22-48(38)58/h1-30,32-33H. The van der Waals surface area contributed by atoms with E-state index in [0.717, 1.165) is 83.2 Å². The van der Waals surface area contributed by atoms with Crippen molar-refractivity contribution >= 4 is 65.4 Å². The fourth-order valence-electron chi connectivity index (χ4n) is 9.46. The molecule has 0 aliphatic rings. The number of para-hydroxylation sites is 6. The van der Waals surface area contributed by atoms with Crippen molar-refractivity contribution in [1.29, 1.82) is 5.26 Å². The minimum absolute atomic E-state index is 0.536. The van der Waals surface area contributed by atoms with Crippen molar-refractivity contribution in [3.8, 4) is 45.4 Å². The summed E-state index contributed by atoms with van der Waals surface area (Å²) in [5, 5.41) is 17.9. The first-order valence-corrected chi connectivity index (χ1v) is 19.7. The summed E-state index contributed by atoms with van der Waals surface area (Å²) >= 11 is 0. The molecule has 0 fully saturated rings. The first kappa shape index (κ1) is 32.9. The number of benzene rings is 7. The Kier molecular flexibility index (Phi) is 7.19. The van der Waals surface area contributed by atoms with E-state index in [9.17, 15) is 5.26 Å². The van der Waals surface area contributed by atoms with Crippen molar-refractivity contribution in [1.82, 2.24) is 23.7 Å². The van der Waals surface area contributed by atoms with Crippen molar-refractivity contribution in [3.05, 3.63) is 200 Å². The third-order valence-corrected chi connectivity index (χ3v) is 11.9. The van der Waals surface area contributed by atoms with Crippen LogP contribution in [-0.4, -0.2) is 23.7 Å². The second-order valence-electron chi connectivity index (χ2n) is 14.9. The summed E-state index contributed by atoms with van der Waals surface area (Å²) in [6, 6.07) is 62.2. The Hall–Kier alpha value is -8.27. The smallest absolute Gasteiger partial charge is 0.0992 e. The van der Waals surface area contributed by atoms with Gasteiger partial charge in [0, 0.05) is 79.4 Å². The molecule has 0 amide bonds. The summed E-state index contributed by atoms with van der Waals surface area (Å²) < 4.78 is 7.05. The van der Waals surface area contributed by atoms with Crippen LogP contribution in [0.2, 0.25) is 0 Å². The molecule has 274 valence electrons. The molecule has 0 radical (unpaired) electrons. The lowest BCUT2D eigenvalue weighted by atomic mass is 9.92. The largest absolute Gasteiger partial charge is 0.309 e. The maximum atomic E-state index is 10.9. The average Bonchev–Trinajstić information content (AvgIpc) is 3.94. The van der Waals surface area contributed by atoms with Gasteiger partial charge in [-0.05, 0) is 60.7 Å². The Bertz CT molecular complexity index is 3370. The highest BCUT2D eigenvalue weighted by Gasteiger charge is 2.26. The van der Waals surface area contributed by atoms with Gasteiger partial charge in [-0.25, -0.2) is 0 Å². The number of aromatic nitrogens is 5. The molecule has 5 heterocycles. The van der Waals surface area contributed by atoms with Gasteiger partial charge in [-0.1, -0.05) is 109 Å². The molecule has 0 aliphatic carbocycles. The molecule has 0 N–H and O–H groups in total. The third kappa shape index (κ3) is 4.79. The molecule has 0 saturated carbocycles. The zero-order valence-corrected chi connectivity index (χ0v) is 31.7. The molecule has 0 bridgehead atoms. The van der Waals surface area contributed by atoms with Gasteiger partial charge in [-0.15, -0.1) is 0 Å². The van der Waals surface area contributed by atoms with Crippen LogP contribution in [0.3, 0.4) is 0 Å². The molecule has 0 spiro atoms. The Morgan fingerprint density at radius 3 is 0.983 bits per heavy atom. The molecule has 6 heteroatoms. The summed E-state index contributed by atoms with van der Waals surface area (Å²) in [7, 11) is 0. The molecule has 12 rings (SSSR count). The minimum Gasteiger partial charge on any atom is -0.309 e. The van der Waals surface area contributed by atoms with Gasteiger partial charge in [0.15, 0.2) is 0 Å². The number of pyridine rings is 2. The van der Waals surface area contributed by atoms with E-state index in [4.69, 9.17) is 9.97 Å². The SMILES string of the molecule is N#Cc1cc(-c2cnccc2-n2c3ccccc3c3ccccc32)c(-n2c3ccccc3c3ccccc32)c(-c2cnccc2-n2c3ccccc3c3ccccc32)c1. The van der Waals surface area contributed by atoms with Crippen molar-refractivity contribution in [2.24, 2.45) is 0 Å². The summed E-state index contributed by atoms with van der Waals surface area (Å²) in [6.07, 6.45) is 7.62. The van der Waals surface area contributed by atoms with Gasteiger partial charge in [0.2, 0.25) is 0 Å². The van der Waals surface area contributed by atoms with Gasteiger partial charge < -0.3 is 13.7 Å². The zero-order valence-electron chi connectivity index (χ0n) is 31.7. The molecule has 7 aromatic carbocycles. The lowest BCUT2D eigenvalue weighted by molar-refractivity contribution is 1.13. The summed E-state index contributed by atoms with van der Waals surface area (Å²) in [6.45, 7) is 0. The highest BCUT2D eigenvalue weighted by Crippen LogP contribution is 2.46. The van der Waals surface area contributed by atoms with Crippen molar-refractivity contribution in [2.45, 2.75) is 0 Å². The second-order valence-corrected chi connectivity index (χ2v) is 14.9. The molecule has 12 aromatic rings. The molecule has 0 atom stereocenters. The highest BCUT2D eigenvalue weighted by molar-refractivity contribution is 6.13. The molecule has 0 saturated heterocycles. The van der Waals surface area contributed by atoms with Crippen LogP contribution in [0.1, 0.15) is 5.56 Å². The van der Waals surface area contributed by atoms with Gasteiger partial charge in [0.25, 0.3) is 0 Å². The molecule has 0 aliphatic heterocycles. The van der Waals surface area contributed by atoms with Crippen LogP contribution >= 0.6 is 0 Å². The van der Waals surface area contributed by atoms with E-state index in [0.29, 0.717) is 5.56 Å². The molecule has 59 heavy (non-hydrogen) atoms. The van der Waals surface area contributed by atoms with Crippen LogP contribution in [0.4, 0.5) is 0 Å². The summed E-state index contributed by atoms with van der Waals surface area (Å²) in [4.78, 5) is 9.60. The van der Waals surface area contributed by atoms with E-state index in [1.807, 2.05) is 36.9 Å². The number of hydrogen-bond donors (Lipinski definition) is 0. The number of nitriles is 1. The lowest BCUT2D eigenvalue weighted by Crippen LogP contribution is -2.06. The maximum Gasteiger partial charge on any atom is 0.0992 e. The van der Waals surface area contributed by atoms with Crippen LogP contribution in [0, 0.1) is 11.3 Å². The molecule has 6 nitrogen and oxygen atoms in total. The van der Waals surface area contributed by atoms with E-state index >= 15 is 0 Å². The van der Waals surface area contributed by atoms with E-state index in [1.165, 1.54) is 21.5 Å². The maximum absolute atomic E-state index is 10.9. The molecule has 0 unspecified atom stereocenters. The van der Waals surface area contributed by atoms with E-state index < -0.39 is 0 Å². The number of hydrogen-bond acceptors (Lipinski definition) is 3. The molecular weight excluding hydrogens is 721 g/mol. The van der Waals surface area contributed by atoms with Crippen LogP contribution in [0.25, 0.3) is 105 Å². The Labute approximate surface area is 338 Å². The van der Waals surface area contributed by atoms with Gasteiger partial charge in [-0.3, -0.25) is 9.97 Å². The van der Waals surface area contributed by atoms with Crippen LogP contribution in [-0.2, 0) is 0 Å². The molecule has 5 aromatic heterocycles. The lowest BCUT2D eigenvalue weighted by Gasteiger charge is -2.23. The predicted molar refractivity (Wildman–Crippen MR) is 241 cm³/mol. The number of fused-ring (bicyclic) bond motifs is 9. The van der Waals surface area contributed by atoms with E-state index in [-0.39, 0.29) is 0 Å². The van der Waals surface area contributed by atoms with E-state index in [2.05, 4.69) is 177 Å². The number of rotatable bonds is 5. The Balaban J connectivity index is 1.26. The molecular formula is C53H32N6. The first-order valence-electron chi connectivity index (χ1n) is 19.7. The Morgan fingerprint density at radius 1 is 0.356 bits per heavy atom.